The van der Waals surface area contributed by atoms with Gasteiger partial charge in [0.15, 0.2) is 0 Å². The van der Waals surface area contributed by atoms with E-state index in [2.05, 4.69) is 15.4 Å². The molecule has 1 aromatic carbocycles. The number of amides is 2. The smallest absolute Gasteiger partial charge is 0.350 e. The number of ether oxygens (including phenoxy) is 1. The molecule has 27 heavy (non-hydrogen) atoms. The number of hydrogen-bond donors (Lipinski definition) is 2. The Balaban J connectivity index is 1.59. The van der Waals surface area contributed by atoms with Gasteiger partial charge in [-0.1, -0.05) is 12.1 Å². The molecule has 0 aliphatic rings. The van der Waals surface area contributed by atoms with Gasteiger partial charge >= 0.3 is 12.0 Å². The largest absolute Gasteiger partial charge is 0.465 e. The molecule has 2 N–H and O–H groups in total. The topological polar surface area (TPSA) is 72.4 Å². The van der Waals surface area contributed by atoms with E-state index in [9.17, 15) is 14.0 Å². The molecule has 0 saturated carbocycles. The van der Waals surface area contributed by atoms with Gasteiger partial charge in [-0.3, -0.25) is 0 Å². The molecular formula is C19H18FN3O3S. The Labute approximate surface area is 159 Å². The summed E-state index contributed by atoms with van der Waals surface area (Å²) in [6, 6.07) is 11.3. The third kappa shape index (κ3) is 4.73. The maximum absolute atomic E-state index is 13.3. The first-order chi connectivity index (χ1) is 13.1. The van der Waals surface area contributed by atoms with E-state index in [1.807, 2.05) is 29.0 Å². The third-order valence-corrected chi connectivity index (χ3v) is 4.77. The lowest BCUT2D eigenvalue weighted by Gasteiger charge is -2.11. The van der Waals surface area contributed by atoms with Crippen LogP contribution in [0.5, 0.6) is 0 Å². The molecule has 140 valence electrons. The van der Waals surface area contributed by atoms with E-state index in [-0.39, 0.29) is 12.4 Å². The van der Waals surface area contributed by atoms with E-state index in [1.54, 1.807) is 17.5 Å². The van der Waals surface area contributed by atoms with Crippen molar-refractivity contribution < 1.29 is 18.7 Å². The molecule has 3 rings (SSSR count). The number of hydrogen-bond acceptors (Lipinski definition) is 4. The number of benzene rings is 1. The van der Waals surface area contributed by atoms with Gasteiger partial charge in [-0.15, -0.1) is 11.3 Å². The molecule has 2 amide bonds. The van der Waals surface area contributed by atoms with Crippen molar-refractivity contribution >= 4 is 29.0 Å². The van der Waals surface area contributed by atoms with Crippen molar-refractivity contribution in [3.05, 3.63) is 76.0 Å². The van der Waals surface area contributed by atoms with Crippen LogP contribution < -0.4 is 10.6 Å². The summed E-state index contributed by atoms with van der Waals surface area (Å²) in [5.74, 6) is -0.778. The number of thiophene rings is 1. The third-order valence-electron chi connectivity index (χ3n) is 3.88. The molecule has 3 aromatic rings. The number of carbonyl (C=O) groups is 2. The van der Waals surface area contributed by atoms with Gasteiger partial charge in [0.05, 0.1) is 19.3 Å². The second-order valence-electron chi connectivity index (χ2n) is 5.72. The summed E-state index contributed by atoms with van der Waals surface area (Å²) >= 11 is 1.19. The predicted molar refractivity (Wildman–Crippen MR) is 101 cm³/mol. The van der Waals surface area contributed by atoms with Crippen molar-refractivity contribution in [1.29, 1.82) is 0 Å². The van der Waals surface area contributed by atoms with E-state index in [0.717, 1.165) is 11.3 Å². The van der Waals surface area contributed by atoms with Gasteiger partial charge in [0.1, 0.15) is 10.7 Å². The molecule has 0 radical (unpaired) electrons. The molecular weight excluding hydrogens is 369 g/mol. The van der Waals surface area contributed by atoms with Crippen molar-refractivity contribution in [1.82, 2.24) is 9.88 Å². The first-order valence-corrected chi connectivity index (χ1v) is 9.04. The van der Waals surface area contributed by atoms with Gasteiger partial charge < -0.3 is 19.9 Å². The molecule has 0 spiro atoms. The minimum Gasteiger partial charge on any atom is -0.465 e. The zero-order chi connectivity index (χ0) is 19.2. The van der Waals surface area contributed by atoms with Crippen molar-refractivity contribution in [2.24, 2.45) is 0 Å². The Morgan fingerprint density at radius 3 is 2.85 bits per heavy atom. The zero-order valence-corrected chi connectivity index (χ0v) is 15.4. The summed E-state index contributed by atoms with van der Waals surface area (Å²) in [6.45, 7) is 0.784. The normalized spacial score (nSPS) is 10.4. The first kappa shape index (κ1) is 18.7. The first-order valence-electron chi connectivity index (χ1n) is 8.16. The lowest BCUT2D eigenvalue weighted by Crippen LogP contribution is -2.29. The van der Waals surface area contributed by atoms with Crippen molar-refractivity contribution in [2.45, 2.75) is 13.1 Å². The van der Waals surface area contributed by atoms with Crippen molar-refractivity contribution in [3.63, 3.8) is 0 Å². The summed E-state index contributed by atoms with van der Waals surface area (Å²) in [5, 5.41) is 7.10. The van der Waals surface area contributed by atoms with E-state index in [0.29, 0.717) is 17.1 Å². The van der Waals surface area contributed by atoms with E-state index in [1.165, 1.54) is 30.6 Å². The molecule has 8 heteroatoms. The quantitative estimate of drug-likeness (QED) is 0.631. The minimum absolute atomic E-state index is 0.282. The monoisotopic (exact) mass is 387 g/mol. The Morgan fingerprint density at radius 1 is 1.22 bits per heavy atom. The molecule has 0 bridgehead atoms. The molecule has 0 aliphatic carbocycles. The zero-order valence-electron chi connectivity index (χ0n) is 14.6. The summed E-state index contributed by atoms with van der Waals surface area (Å²) in [7, 11) is 1.29. The summed E-state index contributed by atoms with van der Waals surface area (Å²) < 4.78 is 20.0. The number of methoxy groups -OCH3 is 1. The van der Waals surface area contributed by atoms with Gasteiger partial charge in [0.25, 0.3) is 0 Å². The Bertz CT molecular complexity index is 951. The van der Waals surface area contributed by atoms with Gasteiger partial charge in [-0.05, 0) is 41.3 Å². The highest BCUT2D eigenvalue weighted by atomic mass is 32.1. The molecule has 0 unspecified atom stereocenters. The summed E-state index contributed by atoms with van der Waals surface area (Å²) in [5.41, 5.74) is 2.10. The van der Waals surface area contributed by atoms with Crippen molar-refractivity contribution in [2.75, 3.05) is 12.4 Å². The fourth-order valence-corrected chi connectivity index (χ4v) is 3.36. The number of esters is 1. The number of urea groups is 1. The van der Waals surface area contributed by atoms with Crippen LogP contribution in [0.3, 0.4) is 0 Å². The van der Waals surface area contributed by atoms with Gasteiger partial charge in [-0.25, -0.2) is 14.0 Å². The van der Waals surface area contributed by atoms with Crippen LogP contribution >= 0.6 is 11.3 Å². The minimum atomic E-state index is -0.496. The predicted octanol–water partition coefficient (Wildman–Crippen LogP) is 3.85. The average Bonchev–Trinajstić information content (AvgIpc) is 3.29. The molecule has 2 aromatic heterocycles. The second-order valence-corrected chi connectivity index (χ2v) is 6.64. The summed E-state index contributed by atoms with van der Waals surface area (Å²) in [4.78, 5) is 24.1. The number of carbonyl (C=O) groups excluding carboxylic acids is 2. The molecule has 0 saturated heterocycles. The average molecular weight is 387 g/mol. The number of anilines is 1. The van der Waals surface area contributed by atoms with Gasteiger partial charge in [-0.2, -0.15) is 0 Å². The highest BCUT2D eigenvalue weighted by Crippen LogP contribution is 2.23. The van der Waals surface area contributed by atoms with Crippen LogP contribution in [0.25, 0.3) is 0 Å². The lowest BCUT2D eigenvalue weighted by atomic mass is 10.2. The molecule has 0 fully saturated rings. The number of nitrogens with one attached hydrogen (secondary N) is 2. The standard InChI is InChI=1S/C19H18FN3O3S/c1-26-18(24)17-16(7-9-27-17)22-19(25)21-11-15-6-3-8-23(15)12-13-4-2-5-14(20)10-13/h2-10H,11-12H2,1H3,(H2,21,22,25). The fourth-order valence-electron chi connectivity index (χ4n) is 2.59. The van der Waals surface area contributed by atoms with Crippen LogP contribution in [0, 0.1) is 5.82 Å². The Hall–Kier alpha value is -3.13. The van der Waals surface area contributed by atoms with E-state index >= 15 is 0 Å². The Morgan fingerprint density at radius 2 is 2.07 bits per heavy atom. The van der Waals surface area contributed by atoms with Gasteiger partial charge in [0.2, 0.25) is 0 Å². The number of nitrogens with zero attached hydrogens (tertiary/aromatic N) is 1. The second kappa shape index (κ2) is 8.50. The van der Waals surface area contributed by atoms with Gasteiger partial charge in [0, 0.05) is 18.4 Å². The van der Waals surface area contributed by atoms with Crippen molar-refractivity contribution in [3.8, 4) is 0 Å². The van der Waals surface area contributed by atoms with E-state index < -0.39 is 12.0 Å². The molecule has 6 nitrogen and oxygen atoms in total. The SMILES string of the molecule is COC(=O)c1sccc1NC(=O)NCc1cccn1Cc1cccc(F)c1. The maximum atomic E-state index is 13.3. The number of halogens is 1. The number of rotatable bonds is 6. The number of aromatic nitrogens is 1. The molecule has 0 aliphatic heterocycles. The Kier molecular flexibility index (Phi) is 5.87. The van der Waals surface area contributed by atoms with E-state index in [4.69, 9.17) is 0 Å². The van der Waals surface area contributed by atoms with Crippen LogP contribution in [0.2, 0.25) is 0 Å². The van der Waals surface area contributed by atoms with Crippen LogP contribution in [-0.4, -0.2) is 23.7 Å². The van der Waals surface area contributed by atoms with Crippen LogP contribution in [0.4, 0.5) is 14.9 Å². The van der Waals surface area contributed by atoms with Crippen LogP contribution in [0.1, 0.15) is 20.9 Å². The van der Waals surface area contributed by atoms with Crippen LogP contribution in [-0.2, 0) is 17.8 Å². The highest BCUT2D eigenvalue weighted by molar-refractivity contribution is 7.12. The fraction of sp³-hybridized carbons (Fsp3) is 0.158. The summed E-state index contributed by atoms with van der Waals surface area (Å²) in [6.07, 6.45) is 1.87. The molecule has 0 atom stereocenters. The lowest BCUT2D eigenvalue weighted by molar-refractivity contribution is 0.0607. The maximum Gasteiger partial charge on any atom is 0.350 e. The highest BCUT2D eigenvalue weighted by Gasteiger charge is 2.15. The van der Waals surface area contributed by atoms with Crippen LogP contribution in [0.15, 0.2) is 54.0 Å². The molecule has 2 heterocycles.